The summed E-state index contributed by atoms with van der Waals surface area (Å²) in [6, 6.07) is 0. The molecule has 0 aliphatic carbocycles. The molecule has 0 N–H and O–H groups in total. The molecule has 1 fully saturated rings. The number of rotatable bonds is 6. The molecule has 2 heterocycles. The molecule has 1 aliphatic heterocycles. The number of methoxy groups -OCH3 is 1. The first-order valence-electron chi connectivity index (χ1n) is 6.72. The van der Waals surface area contributed by atoms with Crippen LogP contribution in [0.3, 0.4) is 0 Å². The van der Waals surface area contributed by atoms with Gasteiger partial charge in [0.2, 0.25) is 10.0 Å². The van der Waals surface area contributed by atoms with Crippen LogP contribution in [0.25, 0.3) is 0 Å². The minimum Gasteiger partial charge on any atom is -0.385 e. The molecule has 0 unspecified atom stereocenters. The molecule has 9 heteroatoms. The normalized spacial score (nSPS) is 17.1. The fourth-order valence-corrected chi connectivity index (χ4v) is 3.80. The predicted octanol–water partition coefficient (Wildman–Crippen LogP) is 0.618. The van der Waals surface area contributed by atoms with Crippen LogP contribution >= 0.6 is 11.6 Å². The van der Waals surface area contributed by atoms with Gasteiger partial charge in [-0.3, -0.25) is 4.98 Å². The third-order valence-electron chi connectivity index (χ3n) is 3.30. The Morgan fingerprint density at radius 2 is 2.00 bits per heavy atom. The fraction of sp³-hybridized carbons (Fsp3) is 0.667. The third-order valence-corrected chi connectivity index (χ3v) is 5.44. The fourth-order valence-electron chi connectivity index (χ4n) is 2.20. The van der Waals surface area contributed by atoms with Gasteiger partial charge < -0.3 is 9.64 Å². The highest BCUT2D eigenvalue weighted by atomic mass is 35.5. The van der Waals surface area contributed by atoms with Gasteiger partial charge in [-0.05, 0) is 6.42 Å². The largest absolute Gasteiger partial charge is 0.385 e. The second-order valence-electron chi connectivity index (χ2n) is 4.75. The SMILES string of the molecule is COCCCS(=O)(=O)N1CCN(c2cncc(Cl)n2)CC1. The Morgan fingerprint density at radius 1 is 1.29 bits per heavy atom. The Kier molecular flexibility index (Phi) is 5.74. The van der Waals surface area contributed by atoms with Gasteiger partial charge >= 0.3 is 0 Å². The summed E-state index contributed by atoms with van der Waals surface area (Å²) in [5, 5.41) is 0.335. The third kappa shape index (κ3) is 4.50. The number of sulfonamides is 1. The second kappa shape index (κ2) is 7.35. The van der Waals surface area contributed by atoms with Crippen LogP contribution in [0.2, 0.25) is 5.15 Å². The predicted molar refractivity (Wildman–Crippen MR) is 81.1 cm³/mol. The van der Waals surface area contributed by atoms with Crippen molar-refractivity contribution >= 4 is 27.4 Å². The van der Waals surface area contributed by atoms with E-state index in [1.165, 1.54) is 10.5 Å². The number of halogens is 1. The van der Waals surface area contributed by atoms with E-state index >= 15 is 0 Å². The molecule has 0 bridgehead atoms. The molecule has 1 aromatic rings. The lowest BCUT2D eigenvalue weighted by molar-refractivity contribution is 0.199. The van der Waals surface area contributed by atoms with Gasteiger partial charge in [0.05, 0.1) is 18.1 Å². The van der Waals surface area contributed by atoms with Crippen molar-refractivity contribution in [3.8, 4) is 0 Å². The van der Waals surface area contributed by atoms with E-state index in [4.69, 9.17) is 16.3 Å². The summed E-state index contributed by atoms with van der Waals surface area (Å²) in [6.45, 7) is 2.52. The average Bonchev–Trinajstić information content (AvgIpc) is 2.47. The number of anilines is 1. The first-order valence-corrected chi connectivity index (χ1v) is 8.71. The van der Waals surface area contributed by atoms with Crippen molar-refractivity contribution in [1.82, 2.24) is 14.3 Å². The molecule has 0 radical (unpaired) electrons. The highest BCUT2D eigenvalue weighted by molar-refractivity contribution is 7.89. The molecular formula is C12H19ClN4O3S. The van der Waals surface area contributed by atoms with Gasteiger partial charge in [0.15, 0.2) is 0 Å². The molecule has 2 rings (SSSR count). The van der Waals surface area contributed by atoms with E-state index in [9.17, 15) is 8.42 Å². The summed E-state index contributed by atoms with van der Waals surface area (Å²) in [7, 11) is -1.64. The maximum atomic E-state index is 12.2. The zero-order valence-electron chi connectivity index (χ0n) is 11.9. The van der Waals surface area contributed by atoms with Crippen molar-refractivity contribution in [1.29, 1.82) is 0 Å². The number of aromatic nitrogens is 2. The molecule has 0 amide bonds. The van der Waals surface area contributed by atoms with E-state index in [-0.39, 0.29) is 5.75 Å². The molecule has 1 aliphatic rings. The van der Waals surface area contributed by atoms with Crippen molar-refractivity contribution in [3.05, 3.63) is 17.5 Å². The summed E-state index contributed by atoms with van der Waals surface area (Å²) in [5.41, 5.74) is 0. The maximum absolute atomic E-state index is 12.2. The van der Waals surface area contributed by atoms with Gasteiger partial charge in [-0.25, -0.2) is 13.4 Å². The Hall–Kier alpha value is -0.960. The van der Waals surface area contributed by atoms with Gasteiger partial charge in [0.1, 0.15) is 11.0 Å². The molecular weight excluding hydrogens is 316 g/mol. The zero-order chi connectivity index (χ0) is 15.3. The molecule has 0 saturated carbocycles. The van der Waals surface area contributed by atoms with Crippen LogP contribution in [0.1, 0.15) is 6.42 Å². The molecule has 118 valence electrons. The quantitative estimate of drug-likeness (QED) is 0.710. The summed E-state index contributed by atoms with van der Waals surface area (Å²) in [4.78, 5) is 10.2. The number of ether oxygens (including phenoxy) is 1. The highest BCUT2D eigenvalue weighted by Gasteiger charge is 2.27. The van der Waals surface area contributed by atoms with Crippen molar-refractivity contribution < 1.29 is 13.2 Å². The smallest absolute Gasteiger partial charge is 0.214 e. The van der Waals surface area contributed by atoms with E-state index in [0.717, 1.165) is 0 Å². The van der Waals surface area contributed by atoms with Crippen LogP contribution in [0.4, 0.5) is 5.82 Å². The Balaban J connectivity index is 1.91. The second-order valence-corrected chi connectivity index (χ2v) is 7.22. The van der Waals surface area contributed by atoms with Gasteiger partial charge in [0.25, 0.3) is 0 Å². The molecule has 7 nitrogen and oxygen atoms in total. The molecule has 0 spiro atoms. The minimum absolute atomic E-state index is 0.123. The van der Waals surface area contributed by atoms with E-state index in [2.05, 4.69) is 9.97 Å². The summed E-state index contributed by atoms with van der Waals surface area (Å²) in [5.74, 6) is 0.802. The molecule has 1 saturated heterocycles. The van der Waals surface area contributed by atoms with Crippen molar-refractivity contribution in [2.24, 2.45) is 0 Å². The van der Waals surface area contributed by atoms with E-state index in [1.807, 2.05) is 4.90 Å². The van der Waals surface area contributed by atoms with Crippen molar-refractivity contribution in [2.45, 2.75) is 6.42 Å². The van der Waals surface area contributed by atoms with Gasteiger partial charge in [-0.15, -0.1) is 0 Å². The molecule has 0 aromatic carbocycles. The van der Waals surface area contributed by atoms with Crippen LogP contribution in [0, 0.1) is 0 Å². The lowest BCUT2D eigenvalue weighted by atomic mass is 10.3. The van der Waals surface area contributed by atoms with E-state index < -0.39 is 10.0 Å². The Labute approximate surface area is 129 Å². The number of piperazine rings is 1. The maximum Gasteiger partial charge on any atom is 0.214 e. The van der Waals surface area contributed by atoms with Crippen LogP contribution in [-0.4, -0.2) is 68.3 Å². The summed E-state index contributed by atoms with van der Waals surface area (Å²) < 4.78 is 30.7. The van der Waals surface area contributed by atoms with Crippen LogP contribution in [0.15, 0.2) is 12.4 Å². The van der Waals surface area contributed by atoms with Gasteiger partial charge in [-0.2, -0.15) is 4.31 Å². The first-order chi connectivity index (χ1) is 10.0. The molecule has 1 aromatic heterocycles. The summed E-state index contributed by atoms with van der Waals surface area (Å²) in [6.07, 6.45) is 3.62. The Bertz CT molecular complexity index is 561. The first kappa shape index (κ1) is 16.4. The number of hydrogen-bond donors (Lipinski definition) is 0. The Morgan fingerprint density at radius 3 is 2.62 bits per heavy atom. The van der Waals surface area contributed by atoms with Crippen LogP contribution in [-0.2, 0) is 14.8 Å². The van der Waals surface area contributed by atoms with Gasteiger partial charge in [0, 0.05) is 39.9 Å². The minimum atomic E-state index is -3.20. The monoisotopic (exact) mass is 334 g/mol. The molecule has 0 atom stereocenters. The zero-order valence-corrected chi connectivity index (χ0v) is 13.5. The number of nitrogens with zero attached hydrogens (tertiary/aromatic N) is 4. The lowest BCUT2D eigenvalue weighted by Crippen LogP contribution is -2.49. The van der Waals surface area contributed by atoms with Crippen molar-refractivity contribution in [2.75, 3.05) is 50.5 Å². The standard InChI is InChI=1S/C12H19ClN4O3S/c1-20-7-2-8-21(18,19)17-5-3-16(4-6-17)12-10-14-9-11(13)15-12/h9-10H,2-8H2,1H3. The molecule has 21 heavy (non-hydrogen) atoms. The lowest BCUT2D eigenvalue weighted by Gasteiger charge is -2.34. The van der Waals surface area contributed by atoms with Gasteiger partial charge in [-0.1, -0.05) is 11.6 Å². The summed E-state index contributed by atoms with van der Waals surface area (Å²) >= 11 is 5.82. The van der Waals surface area contributed by atoms with Crippen LogP contribution in [0.5, 0.6) is 0 Å². The van der Waals surface area contributed by atoms with E-state index in [0.29, 0.717) is 50.2 Å². The topological polar surface area (TPSA) is 75.6 Å². The average molecular weight is 335 g/mol. The number of hydrogen-bond acceptors (Lipinski definition) is 6. The van der Waals surface area contributed by atoms with Crippen molar-refractivity contribution in [3.63, 3.8) is 0 Å². The van der Waals surface area contributed by atoms with Crippen LogP contribution < -0.4 is 4.90 Å². The van der Waals surface area contributed by atoms with E-state index in [1.54, 1.807) is 13.3 Å². The highest BCUT2D eigenvalue weighted by Crippen LogP contribution is 2.16.